The van der Waals surface area contributed by atoms with Crippen LogP contribution < -0.4 is 0 Å². The number of carbonyl (C=O) groups excluding carboxylic acids is 2. The molecule has 0 N–H and O–H groups in total. The molecule has 3 rings (SSSR count). The molecule has 0 bridgehead atoms. The highest BCUT2D eigenvalue weighted by molar-refractivity contribution is 5.88. The molecule has 1 unspecified atom stereocenters. The molecule has 162 valence electrons. The smallest absolute Gasteiger partial charge is 0.246 e. The summed E-state index contributed by atoms with van der Waals surface area (Å²) in [5.41, 5.74) is 0.781. The molecular formula is C24H38N2O3. The van der Waals surface area contributed by atoms with Gasteiger partial charge < -0.3 is 14.5 Å². The zero-order valence-corrected chi connectivity index (χ0v) is 18.3. The number of likely N-dealkylation sites (tertiary alicyclic amines) is 2. The maximum absolute atomic E-state index is 12.8. The van der Waals surface area contributed by atoms with E-state index in [4.69, 9.17) is 4.74 Å². The fraction of sp³-hybridized carbons (Fsp3) is 0.750. The van der Waals surface area contributed by atoms with Gasteiger partial charge in [-0.15, -0.1) is 0 Å². The third kappa shape index (κ3) is 6.98. The summed E-state index contributed by atoms with van der Waals surface area (Å²) in [6, 6.07) is 0. The van der Waals surface area contributed by atoms with Gasteiger partial charge in [0.05, 0.1) is 18.1 Å². The van der Waals surface area contributed by atoms with Crippen molar-refractivity contribution < 1.29 is 14.3 Å². The van der Waals surface area contributed by atoms with Gasteiger partial charge >= 0.3 is 0 Å². The summed E-state index contributed by atoms with van der Waals surface area (Å²) in [6.45, 7) is 7.65. The maximum Gasteiger partial charge on any atom is 0.246 e. The van der Waals surface area contributed by atoms with E-state index in [-0.39, 0.29) is 23.5 Å². The Labute approximate surface area is 176 Å². The van der Waals surface area contributed by atoms with Crippen LogP contribution in [0.3, 0.4) is 0 Å². The Morgan fingerprint density at radius 2 is 1.52 bits per heavy atom. The molecule has 3 aliphatic heterocycles. The van der Waals surface area contributed by atoms with Crippen molar-refractivity contribution in [1.82, 2.24) is 9.80 Å². The second-order valence-corrected chi connectivity index (χ2v) is 9.39. The van der Waals surface area contributed by atoms with Crippen LogP contribution in [0.1, 0.15) is 78.1 Å². The Morgan fingerprint density at radius 1 is 0.897 bits per heavy atom. The normalized spacial score (nSPS) is 26.0. The molecule has 5 nitrogen and oxygen atoms in total. The van der Waals surface area contributed by atoms with Crippen molar-refractivity contribution in [2.75, 3.05) is 26.2 Å². The Hall–Kier alpha value is -1.62. The van der Waals surface area contributed by atoms with E-state index in [1.807, 2.05) is 15.9 Å². The number of piperidine rings is 2. The van der Waals surface area contributed by atoms with Crippen LogP contribution in [-0.4, -0.2) is 59.5 Å². The highest BCUT2D eigenvalue weighted by atomic mass is 16.5. The Morgan fingerprint density at radius 3 is 2.14 bits per heavy atom. The van der Waals surface area contributed by atoms with Gasteiger partial charge in [-0.2, -0.15) is 0 Å². The molecule has 1 atom stereocenters. The van der Waals surface area contributed by atoms with Crippen molar-refractivity contribution in [3.05, 3.63) is 23.8 Å². The molecule has 0 aromatic heterocycles. The molecule has 0 spiro atoms. The molecule has 0 radical (unpaired) electrons. The second kappa shape index (κ2) is 10.4. The standard InChI is InChI=1S/C24H38N2O3/c1-24(2)13-9-10-21(29-24)18-20(19-23(28)26-16-7-4-8-17-26)11-12-22(27)25-14-5-3-6-15-25/h11-12,18,21H,3-10,13-17,19H2,1-2H3/b12-11+,20-18+. The van der Waals surface area contributed by atoms with Gasteiger partial charge in [0.25, 0.3) is 0 Å². The van der Waals surface area contributed by atoms with Gasteiger partial charge in [-0.3, -0.25) is 9.59 Å². The van der Waals surface area contributed by atoms with E-state index in [0.29, 0.717) is 6.42 Å². The largest absolute Gasteiger partial charge is 0.368 e. The molecule has 5 heteroatoms. The van der Waals surface area contributed by atoms with Gasteiger partial charge in [-0.25, -0.2) is 0 Å². The highest BCUT2D eigenvalue weighted by Crippen LogP contribution is 2.29. The quantitative estimate of drug-likeness (QED) is 0.511. The predicted molar refractivity (Wildman–Crippen MR) is 116 cm³/mol. The summed E-state index contributed by atoms with van der Waals surface area (Å²) in [5.74, 6) is 0.229. The molecule has 29 heavy (non-hydrogen) atoms. The number of hydrogen-bond acceptors (Lipinski definition) is 3. The lowest BCUT2D eigenvalue weighted by Gasteiger charge is -2.35. The van der Waals surface area contributed by atoms with E-state index >= 15 is 0 Å². The molecule has 0 aliphatic carbocycles. The second-order valence-electron chi connectivity index (χ2n) is 9.39. The molecular weight excluding hydrogens is 364 g/mol. The topological polar surface area (TPSA) is 49.9 Å². The Kier molecular flexibility index (Phi) is 7.93. The molecule has 0 aromatic rings. The lowest BCUT2D eigenvalue weighted by Crippen LogP contribution is -2.36. The van der Waals surface area contributed by atoms with Gasteiger partial charge in [0.2, 0.25) is 11.8 Å². The highest BCUT2D eigenvalue weighted by Gasteiger charge is 2.28. The lowest BCUT2D eigenvalue weighted by atomic mass is 9.94. The summed E-state index contributed by atoms with van der Waals surface area (Å²) in [5, 5.41) is 0. The van der Waals surface area contributed by atoms with Crippen molar-refractivity contribution in [1.29, 1.82) is 0 Å². The molecule has 0 saturated carbocycles. The minimum Gasteiger partial charge on any atom is -0.368 e. The van der Waals surface area contributed by atoms with Crippen molar-refractivity contribution in [3.63, 3.8) is 0 Å². The first-order valence-electron chi connectivity index (χ1n) is 11.6. The fourth-order valence-electron chi connectivity index (χ4n) is 4.61. The summed E-state index contributed by atoms with van der Waals surface area (Å²) in [7, 11) is 0. The van der Waals surface area contributed by atoms with Gasteiger partial charge in [0, 0.05) is 32.3 Å². The molecule has 3 aliphatic rings. The summed E-state index contributed by atoms with van der Waals surface area (Å²) < 4.78 is 6.22. The molecule has 0 aromatic carbocycles. The van der Waals surface area contributed by atoms with Crippen LogP contribution in [0.25, 0.3) is 0 Å². The minimum atomic E-state index is -0.130. The van der Waals surface area contributed by atoms with E-state index in [2.05, 4.69) is 19.9 Å². The van der Waals surface area contributed by atoms with Gasteiger partial charge in [-0.05, 0) is 77.2 Å². The van der Waals surface area contributed by atoms with E-state index in [9.17, 15) is 9.59 Å². The molecule has 3 fully saturated rings. The van der Waals surface area contributed by atoms with Crippen LogP contribution in [0.5, 0.6) is 0 Å². The zero-order valence-electron chi connectivity index (χ0n) is 18.3. The predicted octanol–water partition coefficient (Wildman–Crippen LogP) is 4.23. The zero-order chi connectivity index (χ0) is 20.7. The van der Waals surface area contributed by atoms with Crippen LogP contribution in [0.2, 0.25) is 0 Å². The lowest BCUT2D eigenvalue weighted by molar-refractivity contribution is -0.131. The van der Waals surface area contributed by atoms with E-state index in [0.717, 1.165) is 76.7 Å². The number of hydrogen-bond donors (Lipinski definition) is 0. The number of rotatable bonds is 5. The van der Waals surface area contributed by atoms with Crippen molar-refractivity contribution in [3.8, 4) is 0 Å². The molecule has 3 saturated heterocycles. The number of ether oxygens (including phenoxy) is 1. The molecule has 3 heterocycles. The van der Waals surface area contributed by atoms with Crippen LogP contribution in [0.4, 0.5) is 0 Å². The van der Waals surface area contributed by atoms with E-state index in [1.54, 1.807) is 6.08 Å². The third-order valence-corrected chi connectivity index (χ3v) is 6.31. The average Bonchev–Trinajstić information content (AvgIpc) is 2.72. The SMILES string of the molecule is CC1(C)CCCC(/C=C(\C=C\C(=O)N2CCCCC2)CC(=O)N2CCCCC2)O1. The summed E-state index contributed by atoms with van der Waals surface area (Å²) >= 11 is 0. The average molecular weight is 403 g/mol. The van der Waals surface area contributed by atoms with E-state index in [1.165, 1.54) is 12.8 Å². The van der Waals surface area contributed by atoms with Crippen molar-refractivity contribution >= 4 is 11.8 Å². The van der Waals surface area contributed by atoms with Gasteiger partial charge in [-0.1, -0.05) is 12.2 Å². The van der Waals surface area contributed by atoms with Crippen molar-refractivity contribution in [2.45, 2.75) is 89.8 Å². The van der Waals surface area contributed by atoms with Crippen LogP contribution in [-0.2, 0) is 14.3 Å². The van der Waals surface area contributed by atoms with E-state index < -0.39 is 0 Å². The minimum absolute atomic E-state index is 0.0117. The number of amides is 2. The maximum atomic E-state index is 12.8. The Bertz CT molecular complexity index is 626. The van der Waals surface area contributed by atoms with Gasteiger partial charge in [0.1, 0.15) is 0 Å². The molecule has 2 amide bonds. The first-order valence-corrected chi connectivity index (χ1v) is 11.6. The first kappa shape index (κ1) is 22.1. The van der Waals surface area contributed by atoms with Crippen LogP contribution in [0, 0.1) is 0 Å². The monoisotopic (exact) mass is 402 g/mol. The number of carbonyl (C=O) groups is 2. The summed E-state index contributed by atoms with van der Waals surface area (Å²) in [6.07, 6.45) is 15.9. The van der Waals surface area contributed by atoms with Crippen molar-refractivity contribution in [2.24, 2.45) is 0 Å². The summed E-state index contributed by atoms with van der Waals surface area (Å²) in [4.78, 5) is 29.3. The number of allylic oxidation sites excluding steroid dienone is 1. The van der Waals surface area contributed by atoms with Gasteiger partial charge in [0.15, 0.2) is 0 Å². The number of nitrogens with zero attached hydrogens (tertiary/aromatic N) is 2. The fourth-order valence-corrected chi connectivity index (χ4v) is 4.61. The Balaban J connectivity index is 1.69. The van der Waals surface area contributed by atoms with Crippen LogP contribution >= 0.6 is 0 Å². The first-order chi connectivity index (χ1) is 13.9. The third-order valence-electron chi connectivity index (χ3n) is 6.31. The van der Waals surface area contributed by atoms with Crippen LogP contribution in [0.15, 0.2) is 23.8 Å².